The lowest BCUT2D eigenvalue weighted by Gasteiger charge is -2.08. The molecule has 0 radical (unpaired) electrons. The van der Waals surface area contributed by atoms with Gasteiger partial charge < -0.3 is 16.4 Å². The Balaban J connectivity index is 2.03. The summed E-state index contributed by atoms with van der Waals surface area (Å²) in [5, 5.41) is 13.6. The van der Waals surface area contributed by atoms with E-state index in [-0.39, 0.29) is 11.4 Å². The van der Waals surface area contributed by atoms with Crippen LogP contribution in [0.5, 0.6) is 0 Å². The number of urea groups is 1. The standard InChI is InChI=1S/C14H11FN4O/c15-12-7-10(17)3-6-13(12)19-14(20)18-11-4-1-9(8-16)2-5-11/h1-7H,17H2,(H2,18,19,20). The Morgan fingerprint density at radius 3 is 2.45 bits per heavy atom. The smallest absolute Gasteiger partial charge is 0.323 e. The zero-order chi connectivity index (χ0) is 14.5. The quantitative estimate of drug-likeness (QED) is 0.733. The van der Waals surface area contributed by atoms with Crippen LogP contribution in [-0.2, 0) is 0 Å². The largest absolute Gasteiger partial charge is 0.399 e. The van der Waals surface area contributed by atoms with Crippen LogP contribution in [0.1, 0.15) is 5.56 Å². The van der Waals surface area contributed by atoms with Crippen molar-refractivity contribution in [1.82, 2.24) is 0 Å². The van der Waals surface area contributed by atoms with Crippen molar-refractivity contribution < 1.29 is 9.18 Å². The molecule has 0 unspecified atom stereocenters. The summed E-state index contributed by atoms with van der Waals surface area (Å²) < 4.78 is 13.5. The van der Waals surface area contributed by atoms with Gasteiger partial charge in [0.1, 0.15) is 5.82 Å². The minimum absolute atomic E-state index is 0.0327. The highest BCUT2D eigenvalue weighted by Gasteiger charge is 2.07. The molecule has 0 heterocycles. The maximum Gasteiger partial charge on any atom is 0.323 e. The first kappa shape index (κ1) is 13.4. The van der Waals surface area contributed by atoms with E-state index in [0.29, 0.717) is 11.3 Å². The highest BCUT2D eigenvalue weighted by Crippen LogP contribution is 2.17. The maximum atomic E-state index is 13.5. The summed E-state index contributed by atoms with van der Waals surface area (Å²) in [6.07, 6.45) is 0. The van der Waals surface area contributed by atoms with E-state index >= 15 is 0 Å². The number of nitrogens with zero attached hydrogens (tertiary/aromatic N) is 1. The number of nitriles is 1. The molecule has 0 saturated heterocycles. The Labute approximate surface area is 114 Å². The third-order valence-corrected chi connectivity index (χ3v) is 2.51. The van der Waals surface area contributed by atoms with Gasteiger partial charge in [-0.3, -0.25) is 0 Å². The fraction of sp³-hybridized carbons (Fsp3) is 0. The van der Waals surface area contributed by atoms with Crippen LogP contribution in [-0.4, -0.2) is 6.03 Å². The van der Waals surface area contributed by atoms with E-state index in [9.17, 15) is 9.18 Å². The lowest BCUT2D eigenvalue weighted by Crippen LogP contribution is -2.20. The van der Waals surface area contributed by atoms with Crippen LogP contribution in [0.2, 0.25) is 0 Å². The summed E-state index contributed by atoms with van der Waals surface area (Å²) in [7, 11) is 0. The fourth-order valence-corrected chi connectivity index (χ4v) is 1.55. The van der Waals surface area contributed by atoms with Gasteiger partial charge in [0.15, 0.2) is 0 Å². The number of nitrogens with one attached hydrogen (secondary N) is 2. The third kappa shape index (κ3) is 3.23. The SMILES string of the molecule is N#Cc1ccc(NC(=O)Nc2ccc(N)cc2F)cc1. The van der Waals surface area contributed by atoms with E-state index in [1.54, 1.807) is 24.3 Å². The van der Waals surface area contributed by atoms with Gasteiger partial charge >= 0.3 is 6.03 Å². The molecule has 0 atom stereocenters. The van der Waals surface area contributed by atoms with Gasteiger partial charge in [0.25, 0.3) is 0 Å². The molecular formula is C14H11FN4O. The average Bonchev–Trinajstić information content (AvgIpc) is 2.43. The second-order valence-corrected chi connectivity index (χ2v) is 4.01. The molecule has 0 spiro atoms. The van der Waals surface area contributed by atoms with E-state index in [1.165, 1.54) is 12.1 Å². The van der Waals surface area contributed by atoms with Crippen LogP contribution in [0, 0.1) is 17.1 Å². The first-order valence-electron chi connectivity index (χ1n) is 5.71. The van der Waals surface area contributed by atoms with Crippen LogP contribution >= 0.6 is 0 Å². The molecule has 2 amide bonds. The maximum absolute atomic E-state index is 13.5. The predicted molar refractivity (Wildman–Crippen MR) is 74.6 cm³/mol. The number of hydrogen-bond donors (Lipinski definition) is 3. The minimum Gasteiger partial charge on any atom is -0.399 e. The van der Waals surface area contributed by atoms with Gasteiger partial charge in [-0.15, -0.1) is 0 Å². The number of anilines is 3. The molecule has 0 fully saturated rings. The minimum atomic E-state index is -0.611. The van der Waals surface area contributed by atoms with E-state index < -0.39 is 11.8 Å². The molecule has 0 aromatic heterocycles. The second kappa shape index (κ2) is 5.71. The van der Waals surface area contributed by atoms with Gasteiger partial charge in [0.2, 0.25) is 0 Å². The average molecular weight is 270 g/mol. The molecule has 2 aromatic rings. The van der Waals surface area contributed by atoms with Crippen molar-refractivity contribution in [3.05, 3.63) is 53.8 Å². The van der Waals surface area contributed by atoms with Crippen molar-refractivity contribution in [3.63, 3.8) is 0 Å². The molecule has 5 nitrogen and oxygen atoms in total. The fourth-order valence-electron chi connectivity index (χ4n) is 1.55. The van der Waals surface area contributed by atoms with Crippen molar-refractivity contribution in [1.29, 1.82) is 5.26 Å². The number of nitrogens with two attached hydrogens (primary N) is 1. The van der Waals surface area contributed by atoms with Gasteiger partial charge in [-0.2, -0.15) is 5.26 Å². The van der Waals surface area contributed by atoms with Crippen molar-refractivity contribution in [2.45, 2.75) is 0 Å². The van der Waals surface area contributed by atoms with Gasteiger partial charge in [0.05, 0.1) is 17.3 Å². The molecule has 100 valence electrons. The molecule has 2 rings (SSSR count). The van der Waals surface area contributed by atoms with Crippen LogP contribution in [0.25, 0.3) is 0 Å². The number of benzene rings is 2. The highest BCUT2D eigenvalue weighted by atomic mass is 19.1. The summed E-state index contributed by atoms with van der Waals surface area (Å²) in [6.45, 7) is 0. The molecule has 20 heavy (non-hydrogen) atoms. The number of nitrogen functional groups attached to an aromatic ring is 1. The summed E-state index contributed by atoms with van der Waals surface area (Å²) in [5.41, 5.74) is 6.71. The number of rotatable bonds is 2. The van der Waals surface area contributed by atoms with Gasteiger partial charge in [-0.25, -0.2) is 9.18 Å². The molecular weight excluding hydrogens is 259 g/mol. The number of halogens is 1. The summed E-state index contributed by atoms with van der Waals surface area (Å²) in [4.78, 5) is 11.7. The van der Waals surface area contributed by atoms with Gasteiger partial charge in [-0.1, -0.05) is 0 Å². The Hall–Kier alpha value is -3.07. The zero-order valence-electron chi connectivity index (χ0n) is 10.4. The van der Waals surface area contributed by atoms with E-state index in [4.69, 9.17) is 11.0 Å². The van der Waals surface area contributed by atoms with Crippen LogP contribution < -0.4 is 16.4 Å². The van der Waals surface area contributed by atoms with Gasteiger partial charge in [-0.05, 0) is 42.5 Å². The number of carbonyl (C=O) groups excluding carboxylic acids is 1. The first-order chi connectivity index (χ1) is 9.58. The van der Waals surface area contributed by atoms with Crippen LogP contribution in [0.3, 0.4) is 0 Å². The zero-order valence-corrected chi connectivity index (χ0v) is 10.4. The summed E-state index contributed by atoms with van der Waals surface area (Å²) in [6, 6.07) is 11.7. The molecule has 0 saturated carbocycles. The second-order valence-electron chi connectivity index (χ2n) is 4.01. The van der Waals surface area contributed by atoms with Crippen LogP contribution in [0.4, 0.5) is 26.2 Å². The van der Waals surface area contributed by atoms with Crippen molar-refractivity contribution in [2.24, 2.45) is 0 Å². The summed E-state index contributed by atoms with van der Waals surface area (Å²) >= 11 is 0. The van der Waals surface area contributed by atoms with E-state index in [1.807, 2.05) is 6.07 Å². The van der Waals surface area contributed by atoms with Gasteiger partial charge in [0, 0.05) is 11.4 Å². The topological polar surface area (TPSA) is 90.9 Å². The Morgan fingerprint density at radius 2 is 1.85 bits per heavy atom. The third-order valence-electron chi connectivity index (χ3n) is 2.51. The molecule has 2 aromatic carbocycles. The normalized spacial score (nSPS) is 9.60. The predicted octanol–water partition coefficient (Wildman–Crippen LogP) is 2.92. The lowest BCUT2D eigenvalue weighted by atomic mass is 10.2. The van der Waals surface area contributed by atoms with E-state index in [0.717, 1.165) is 6.07 Å². The Kier molecular flexibility index (Phi) is 3.82. The molecule has 6 heteroatoms. The highest BCUT2D eigenvalue weighted by molar-refractivity contribution is 5.99. The summed E-state index contributed by atoms with van der Waals surface area (Å²) in [5.74, 6) is -0.611. The van der Waals surface area contributed by atoms with Crippen molar-refractivity contribution >= 4 is 23.1 Å². The molecule has 0 aliphatic carbocycles. The van der Waals surface area contributed by atoms with Crippen molar-refractivity contribution in [3.8, 4) is 6.07 Å². The Bertz CT molecular complexity index is 677. The molecule has 4 N–H and O–H groups in total. The number of amides is 2. The molecule has 0 aliphatic rings. The first-order valence-corrected chi connectivity index (χ1v) is 5.71. The molecule has 0 aliphatic heterocycles. The van der Waals surface area contributed by atoms with Crippen molar-refractivity contribution in [2.75, 3.05) is 16.4 Å². The lowest BCUT2D eigenvalue weighted by molar-refractivity contribution is 0.262. The number of carbonyl (C=O) groups is 1. The Morgan fingerprint density at radius 1 is 1.15 bits per heavy atom. The van der Waals surface area contributed by atoms with Crippen LogP contribution in [0.15, 0.2) is 42.5 Å². The van der Waals surface area contributed by atoms with E-state index in [2.05, 4.69) is 10.6 Å². The monoisotopic (exact) mass is 270 g/mol. The molecule has 0 bridgehead atoms. The number of hydrogen-bond acceptors (Lipinski definition) is 3.